The summed E-state index contributed by atoms with van der Waals surface area (Å²) in [4.78, 5) is 27.4. The molecule has 0 aromatic heterocycles. The first-order chi connectivity index (χ1) is 14.5. The second kappa shape index (κ2) is 9.64. The number of hydrogen-bond donors (Lipinski definition) is 2. The van der Waals surface area contributed by atoms with Gasteiger partial charge in [0.25, 0.3) is 11.8 Å². The molecule has 9 heteroatoms. The van der Waals surface area contributed by atoms with E-state index < -0.39 is 17.9 Å². The third-order valence-electron chi connectivity index (χ3n) is 5.03. The number of imide groups is 1. The molecule has 0 saturated heterocycles. The summed E-state index contributed by atoms with van der Waals surface area (Å²) in [5.74, 6) is -0.0798. The van der Waals surface area contributed by atoms with Gasteiger partial charge in [-0.3, -0.25) is 14.5 Å². The number of fused-ring (bicyclic) bond motifs is 1. The second-order valence-corrected chi connectivity index (χ2v) is 6.76. The molecule has 30 heavy (non-hydrogen) atoms. The summed E-state index contributed by atoms with van der Waals surface area (Å²) < 4.78 is 15.6. The number of rotatable bonds is 10. The molecule has 3 rings (SSSR count). The van der Waals surface area contributed by atoms with Crippen molar-refractivity contribution in [3.8, 4) is 17.2 Å². The predicted octanol–water partition coefficient (Wildman–Crippen LogP) is 2.30. The summed E-state index contributed by atoms with van der Waals surface area (Å²) in [7, 11) is 6.09. The molecule has 1 radical (unpaired) electrons. The predicted molar refractivity (Wildman–Crippen MR) is 111 cm³/mol. The standard InChI is InChI=1S/C21H24BN2O6/c1-28-17-10-9-13(12-18(17)29-2)15(7-5-11-23-22-30-3)24-20(26)14-6-4-8-16(25)19(14)21(24)27/h4,6,8-10,12,15,23,25H,5,7,11H2,1-3H3/t15-/m1/s1. The van der Waals surface area contributed by atoms with Gasteiger partial charge in [0, 0.05) is 7.11 Å². The summed E-state index contributed by atoms with van der Waals surface area (Å²) in [6, 6.07) is 9.29. The molecule has 157 valence electrons. The number of hydrogen-bond acceptors (Lipinski definition) is 7. The maximum Gasteiger partial charge on any atom is 0.395 e. The highest BCUT2D eigenvalue weighted by molar-refractivity contribution is 6.23. The molecule has 1 heterocycles. The molecule has 0 aliphatic carbocycles. The average Bonchev–Trinajstić information content (AvgIpc) is 3.01. The summed E-state index contributed by atoms with van der Waals surface area (Å²) in [6.45, 7) is 0.603. The Labute approximate surface area is 176 Å². The summed E-state index contributed by atoms with van der Waals surface area (Å²) in [5, 5.41) is 13.2. The van der Waals surface area contributed by atoms with Gasteiger partial charge in [-0.05, 0) is 49.2 Å². The van der Waals surface area contributed by atoms with E-state index in [4.69, 9.17) is 14.1 Å². The highest BCUT2D eigenvalue weighted by Gasteiger charge is 2.42. The van der Waals surface area contributed by atoms with Crippen LogP contribution in [-0.4, -0.2) is 57.3 Å². The van der Waals surface area contributed by atoms with Crippen LogP contribution in [0.5, 0.6) is 17.2 Å². The maximum atomic E-state index is 13.1. The van der Waals surface area contributed by atoms with Gasteiger partial charge in [0.1, 0.15) is 5.75 Å². The topological polar surface area (TPSA) is 97.3 Å². The van der Waals surface area contributed by atoms with Gasteiger partial charge < -0.3 is 24.5 Å². The largest absolute Gasteiger partial charge is 0.507 e. The number of phenols is 1. The van der Waals surface area contributed by atoms with Gasteiger partial charge in [0.05, 0.1) is 31.4 Å². The summed E-state index contributed by atoms with van der Waals surface area (Å²) >= 11 is 0. The molecule has 1 aliphatic heterocycles. The fraction of sp³-hybridized carbons (Fsp3) is 0.333. The Morgan fingerprint density at radius 2 is 1.83 bits per heavy atom. The van der Waals surface area contributed by atoms with Crippen LogP contribution < -0.4 is 14.7 Å². The van der Waals surface area contributed by atoms with Crippen LogP contribution in [0.3, 0.4) is 0 Å². The number of nitrogens with zero attached hydrogens (tertiary/aromatic N) is 1. The van der Waals surface area contributed by atoms with Crippen LogP contribution in [0.2, 0.25) is 0 Å². The highest BCUT2D eigenvalue weighted by atomic mass is 16.5. The number of phenolic OH excluding ortho intramolecular Hbond substituents is 1. The van der Waals surface area contributed by atoms with Gasteiger partial charge in [-0.2, -0.15) is 0 Å². The number of amides is 2. The number of aromatic hydroxyl groups is 1. The Kier molecular flexibility index (Phi) is 6.97. The van der Waals surface area contributed by atoms with E-state index in [0.29, 0.717) is 30.9 Å². The molecule has 2 N–H and O–H groups in total. The van der Waals surface area contributed by atoms with Crippen LogP contribution in [0, 0.1) is 0 Å². The van der Waals surface area contributed by atoms with E-state index >= 15 is 0 Å². The first-order valence-corrected chi connectivity index (χ1v) is 9.53. The van der Waals surface area contributed by atoms with Gasteiger partial charge in [-0.1, -0.05) is 12.1 Å². The zero-order valence-corrected chi connectivity index (χ0v) is 17.2. The van der Waals surface area contributed by atoms with E-state index in [2.05, 4.69) is 5.23 Å². The van der Waals surface area contributed by atoms with Crippen LogP contribution in [0.25, 0.3) is 0 Å². The quantitative estimate of drug-likeness (QED) is 0.352. The Morgan fingerprint density at radius 1 is 1.07 bits per heavy atom. The first-order valence-electron chi connectivity index (χ1n) is 9.53. The molecular weight excluding hydrogens is 387 g/mol. The average molecular weight is 411 g/mol. The minimum absolute atomic E-state index is 0.0406. The number of nitrogens with one attached hydrogen (secondary N) is 1. The van der Waals surface area contributed by atoms with Gasteiger partial charge in [0.15, 0.2) is 11.5 Å². The molecule has 1 aliphatic rings. The molecule has 0 spiro atoms. The van der Waals surface area contributed by atoms with Crippen molar-refractivity contribution >= 4 is 19.4 Å². The number of methoxy groups -OCH3 is 2. The van der Waals surface area contributed by atoms with Gasteiger partial charge >= 0.3 is 7.62 Å². The molecule has 2 aromatic carbocycles. The number of ether oxygens (including phenoxy) is 2. The van der Waals surface area contributed by atoms with E-state index in [0.717, 1.165) is 5.56 Å². The van der Waals surface area contributed by atoms with Crippen LogP contribution in [0.4, 0.5) is 0 Å². The Hall–Kier alpha value is -3.04. The van der Waals surface area contributed by atoms with Crippen molar-refractivity contribution in [3.63, 3.8) is 0 Å². The van der Waals surface area contributed by atoms with Crippen LogP contribution in [0.15, 0.2) is 36.4 Å². The van der Waals surface area contributed by atoms with Crippen LogP contribution in [-0.2, 0) is 4.65 Å². The van der Waals surface area contributed by atoms with Gasteiger partial charge in [-0.25, -0.2) is 0 Å². The zero-order valence-electron chi connectivity index (χ0n) is 17.2. The minimum Gasteiger partial charge on any atom is -0.507 e. The lowest BCUT2D eigenvalue weighted by molar-refractivity contribution is 0.0571. The van der Waals surface area contributed by atoms with E-state index in [9.17, 15) is 14.7 Å². The molecule has 0 unspecified atom stereocenters. The summed E-state index contributed by atoms with van der Waals surface area (Å²) in [5.41, 5.74) is 0.979. The summed E-state index contributed by atoms with van der Waals surface area (Å²) in [6.07, 6.45) is 1.17. The molecule has 8 nitrogen and oxygen atoms in total. The molecule has 0 fully saturated rings. The van der Waals surface area contributed by atoms with Crippen LogP contribution in [0.1, 0.15) is 45.2 Å². The normalized spacial score (nSPS) is 13.9. The van der Waals surface area contributed by atoms with E-state index in [-0.39, 0.29) is 16.9 Å². The number of carbonyl (C=O) groups is 2. The highest BCUT2D eigenvalue weighted by Crippen LogP contribution is 2.39. The molecule has 2 aromatic rings. The lowest BCUT2D eigenvalue weighted by Crippen LogP contribution is -2.35. The molecule has 0 saturated carbocycles. The molecule has 2 amide bonds. The molecular formula is C21H24BN2O6. The van der Waals surface area contributed by atoms with Gasteiger partial charge in [0.2, 0.25) is 0 Å². The first kappa shape index (κ1) is 21.7. The second-order valence-electron chi connectivity index (χ2n) is 6.76. The smallest absolute Gasteiger partial charge is 0.395 e. The number of benzene rings is 2. The van der Waals surface area contributed by atoms with E-state index in [1.807, 2.05) is 6.07 Å². The van der Waals surface area contributed by atoms with Crippen molar-refractivity contribution in [1.82, 2.24) is 10.1 Å². The van der Waals surface area contributed by atoms with Crippen molar-refractivity contribution in [2.45, 2.75) is 18.9 Å². The Morgan fingerprint density at radius 3 is 2.50 bits per heavy atom. The maximum absolute atomic E-state index is 13.1. The Bertz CT molecular complexity index is 936. The third kappa shape index (κ3) is 4.12. The van der Waals surface area contributed by atoms with Crippen molar-refractivity contribution in [2.24, 2.45) is 0 Å². The Balaban J connectivity index is 1.95. The van der Waals surface area contributed by atoms with E-state index in [1.54, 1.807) is 38.5 Å². The lowest BCUT2D eigenvalue weighted by Gasteiger charge is -2.27. The van der Waals surface area contributed by atoms with E-state index in [1.165, 1.54) is 25.7 Å². The van der Waals surface area contributed by atoms with Crippen molar-refractivity contribution in [2.75, 3.05) is 27.9 Å². The van der Waals surface area contributed by atoms with Crippen LogP contribution >= 0.6 is 0 Å². The molecule has 1 atom stereocenters. The fourth-order valence-electron chi connectivity index (χ4n) is 3.61. The van der Waals surface area contributed by atoms with Gasteiger partial charge in [-0.15, -0.1) is 0 Å². The SMILES string of the molecule is CO[B]NCCC[C@H](c1ccc(OC)c(OC)c1)N1C(=O)c2cccc(O)c2C1=O. The minimum atomic E-state index is -0.541. The monoisotopic (exact) mass is 411 g/mol. The fourth-order valence-corrected chi connectivity index (χ4v) is 3.61. The lowest BCUT2D eigenvalue weighted by atomic mass is 9.99. The van der Waals surface area contributed by atoms with Crippen molar-refractivity contribution in [1.29, 1.82) is 0 Å². The zero-order chi connectivity index (χ0) is 21.7. The van der Waals surface area contributed by atoms with Crippen molar-refractivity contribution in [3.05, 3.63) is 53.1 Å². The number of carbonyl (C=O) groups excluding carboxylic acids is 2. The third-order valence-corrected chi connectivity index (χ3v) is 5.03. The van der Waals surface area contributed by atoms with Crippen molar-refractivity contribution < 1.29 is 28.8 Å². The molecule has 0 bridgehead atoms.